The number of rotatable bonds is 4. The van der Waals surface area contributed by atoms with Crippen LogP contribution < -0.4 is 11.2 Å². The van der Waals surface area contributed by atoms with E-state index in [0.29, 0.717) is 19.4 Å². The lowest BCUT2D eigenvalue weighted by Crippen LogP contribution is -2.32. The number of aromatic nitrogens is 2. The van der Waals surface area contributed by atoms with Gasteiger partial charge in [0.25, 0.3) is 5.56 Å². The van der Waals surface area contributed by atoms with E-state index < -0.39 is 11.2 Å². The molecular weight excluding hydrogens is 236 g/mol. The van der Waals surface area contributed by atoms with Gasteiger partial charge in [0.1, 0.15) is 0 Å². The second-order valence-electron chi connectivity index (χ2n) is 4.49. The highest BCUT2D eigenvalue weighted by molar-refractivity contribution is 5.22. The Morgan fingerprint density at radius 3 is 2.89 bits per heavy atom. The van der Waals surface area contributed by atoms with Gasteiger partial charge in [-0.2, -0.15) is 0 Å². The summed E-state index contributed by atoms with van der Waals surface area (Å²) in [6.45, 7) is 2.88. The van der Waals surface area contributed by atoms with Crippen molar-refractivity contribution in [1.29, 1.82) is 0 Å². The van der Waals surface area contributed by atoms with Gasteiger partial charge < -0.3 is 9.84 Å². The predicted octanol–water partition coefficient (Wildman–Crippen LogP) is 0.374. The van der Waals surface area contributed by atoms with Crippen LogP contribution in [-0.4, -0.2) is 27.4 Å². The first kappa shape index (κ1) is 12.9. The number of aromatic amines is 1. The lowest BCUT2D eigenvalue weighted by atomic mass is 10.2. The molecule has 2 heterocycles. The summed E-state index contributed by atoms with van der Waals surface area (Å²) in [5, 5.41) is 9.93. The van der Waals surface area contributed by atoms with E-state index in [9.17, 15) is 14.7 Å². The van der Waals surface area contributed by atoms with Crippen LogP contribution in [0.15, 0.2) is 9.59 Å². The fraction of sp³-hybridized carbons (Fsp3) is 0.667. The second-order valence-corrected chi connectivity index (χ2v) is 4.49. The van der Waals surface area contributed by atoms with Gasteiger partial charge in [0.2, 0.25) is 5.88 Å². The first-order chi connectivity index (χ1) is 8.63. The number of nitrogens with zero attached hydrogens (tertiary/aromatic N) is 1. The van der Waals surface area contributed by atoms with Crippen molar-refractivity contribution >= 4 is 0 Å². The number of ether oxygens (including phenoxy) is 1. The molecule has 6 heteroatoms. The van der Waals surface area contributed by atoms with Gasteiger partial charge in [0.15, 0.2) is 0 Å². The Labute approximate surface area is 104 Å². The molecule has 1 aromatic rings. The molecule has 0 amide bonds. The molecule has 6 nitrogen and oxygen atoms in total. The average Bonchev–Trinajstić information content (AvgIpc) is 2.81. The summed E-state index contributed by atoms with van der Waals surface area (Å²) in [6.07, 6.45) is 3.23. The molecule has 18 heavy (non-hydrogen) atoms. The van der Waals surface area contributed by atoms with Crippen LogP contribution in [0.4, 0.5) is 0 Å². The van der Waals surface area contributed by atoms with E-state index in [0.717, 1.165) is 19.4 Å². The number of H-pyrrole nitrogens is 1. The number of hydrogen-bond acceptors (Lipinski definition) is 4. The van der Waals surface area contributed by atoms with Crippen LogP contribution in [0.3, 0.4) is 0 Å². The van der Waals surface area contributed by atoms with Gasteiger partial charge in [0, 0.05) is 13.2 Å². The van der Waals surface area contributed by atoms with Crippen molar-refractivity contribution in [1.82, 2.24) is 9.55 Å². The molecule has 100 valence electrons. The number of aromatic hydroxyl groups is 1. The fourth-order valence-corrected chi connectivity index (χ4v) is 2.27. The first-order valence-electron chi connectivity index (χ1n) is 6.30. The Hall–Kier alpha value is -1.56. The summed E-state index contributed by atoms with van der Waals surface area (Å²) in [5.74, 6) is -0.218. The molecule has 0 bridgehead atoms. The van der Waals surface area contributed by atoms with E-state index in [2.05, 4.69) is 4.98 Å². The van der Waals surface area contributed by atoms with E-state index in [-0.39, 0.29) is 17.5 Å². The quantitative estimate of drug-likeness (QED) is 0.813. The van der Waals surface area contributed by atoms with Crippen LogP contribution >= 0.6 is 0 Å². The maximum absolute atomic E-state index is 11.6. The minimum Gasteiger partial charge on any atom is -0.494 e. The molecule has 0 aliphatic carbocycles. The van der Waals surface area contributed by atoms with Crippen molar-refractivity contribution in [2.75, 3.05) is 6.61 Å². The standard InChI is InChI=1S/C12H18N2O4/c1-2-9-10(15)13-12(17)14(11(9)16)6-5-8-4-3-7-18-8/h8,16H,2-7H2,1H3,(H,13,15,17). The minimum absolute atomic E-state index is 0.147. The Morgan fingerprint density at radius 1 is 1.50 bits per heavy atom. The second kappa shape index (κ2) is 5.39. The van der Waals surface area contributed by atoms with Crippen LogP contribution in [0.1, 0.15) is 31.7 Å². The first-order valence-corrected chi connectivity index (χ1v) is 6.30. The van der Waals surface area contributed by atoms with Crippen molar-refractivity contribution in [3.63, 3.8) is 0 Å². The third kappa shape index (κ3) is 2.48. The summed E-state index contributed by atoms with van der Waals surface area (Å²) in [7, 11) is 0. The monoisotopic (exact) mass is 254 g/mol. The van der Waals surface area contributed by atoms with Gasteiger partial charge >= 0.3 is 5.69 Å². The summed E-state index contributed by atoms with van der Waals surface area (Å²) in [5.41, 5.74) is -0.817. The van der Waals surface area contributed by atoms with Crippen molar-refractivity contribution in [2.45, 2.75) is 45.3 Å². The summed E-state index contributed by atoms with van der Waals surface area (Å²) >= 11 is 0. The van der Waals surface area contributed by atoms with Crippen LogP contribution in [0.2, 0.25) is 0 Å². The Bertz CT molecular complexity index is 526. The van der Waals surface area contributed by atoms with E-state index in [1.54, 1.807) is 6.92 Å². The molecule has 1 aliphatic heterocycles. The lowest BCUT2D eigenvalue weighted by Gasteiger charge is -2.13. The van der Waals surface area contributed by atoms with Gasteiger partial charge in [0.05, 0.1) is 11.7 Å². The van der Waals surface area contributed by atoms with E-state index in [1.807, 2.05) is 0 Å². The maximum Gasteiger partial charge on any atom is 0.331 e. The molecule has 0 spiro atoms. The topological polar surface area (TPSA) is 84.3 Å². The minimum atomic E-state index is -0.562. The summed E-state index contributed by atoms with van der Waals surface area (Å²) in [4.78, 5) is 25.3. The SMILES string of the molecule is CCc1c(O)n(CCC2CCCO2)c(=O)[nH]c1=O. The smallest absolute Gasteiger partial charge is 0.331 e. The fourth-order valence-electron chi connectivity index (χ4n) is 2.27. The Kier molecular flexibility index (Phi) is 3.86. The predicted molar refractivity (Wildman–Crippen MR) is 66.0 cm³/mol. The Morgan fingerprint density at radius 2 is 2.28 bits per heavy atom. The van der Waals surface area contributed by atoms with E-state index in [4.69, 9.17) is 4.74 Å². The molecule has 2 rings (SSSR count). The highest BCUT2D eigenvalue weighted by Gasteiger charge is 2.18. The molecule has 2 N–H and O–H groups in total. The van der Waals surface area contributed by atoms with Gasteiger partial charge in [-0.25, -0.2) is 4.79 Å². The summed E-state index contributed by atoms with van der Waals surface area (Å²) in [6, 6.07) is 0. The third-order valence-electron chi connectivity index (χ3n) is 3.32. The molecule has 0 aromatic carbocycles. The third-order valence-corrected chi connectivity index (χ3v) is 3.32. The molecule has 1 saturated heterocycles. The average molecular weight is 254 g/mol. The zero-order valence-corrected chi connectivity index (χ0v) is 10.4. The molecule has 0 saturated carbocycles. The lowest BCUT2D eigenvalue weighted by molar-refractivity contribution is 0.0993. The van der Waals surface area contributed by atoms with E-state index >= 15 is 0 Å². The Balaban J connectivity index is 2.21. The highest BCUT2D eigenvalue weighted by Crippen LogP contribution is 2.17. The number of hydrogen-bond donors (Lipinski definition) is 2. The molecule has 1 atom stereocenters. The summed E-state index contributed by atoms with van der Waals surface area (Å²) < 4.78 is 6.68. The largest absolute Gasteiger partial charge is 0.494 e. The maximum atomic E-state index is 11.6. The molecule has 1 unspecified atom stereocenters. The van der Waals surface area contributed by atoms with Crippen molar-refractivity contribution in [3.05, 3.63) is 26.4 Å². The van der Waals surface area contributed by atoms with Crippen molar-refractivity contribution < 1.29 is 9.84 Å². The highest BCUT2D eigenvalue weighted by atomic mass is 16.5. The molecule has 1 aromatic heterocycles. The zero-order chi connectivity index (χ0) is 13.1. The molecule has 0 radical (unpaired) electrons. The normalized spacial score (nSPS) is 19.3. The van der Waals surface area contributed by atoms with Gasteiger partial charge in [-0.05, 0) is 25.7 Å². The molecule has 1 fully saturated rings. The molecule has 1 aliphatic rings. The van der Waals surface area contributed by atoms with Crippen LogP contribution in [0, 0.1) is 0 Å². The van der Waals surface area contributed by atoms with Crippen LogP contribution in [-0.2, 0) is 17.7 Å². The van der Waals surface area contributed by atoms with Crippen molar-refractivity contribution in [3.8, 4) is 5.88 Å². The van der Waals surface area contributed by atoms with Crippen molar-refractivity contribution in [2.24, 2.45) is 0 Å². The molecular formula is C12H18N2O4. The van der Waals surface area contributed by atoms with Gasteiger partial charge in [-0.3, -0.25) is 14.3 Å². The van der Waals surface area contributed by atoms with Crippen LogP contribution in [0.5, 0.6) is 5.88 Å². The zero-order valence-electron chi connectivity index (χ0n) is 10.4. The number of nitrogens with one attached hydrogen (secondary N) is 1. The van der Waals surface area contributed by atoms with E-state index in [1.165, 1.54) is 4.57 Å². The van der Waals surface area contributed by atoms with Crippen LogP contribution in [0.25, 0.3) is 0 Å². The van der Waals surface area contributed by atoms with Gasteiger partial charge in [-0.15, -0.1) is 0 Å². The van der Waals surface area contributed by atoms with Gasteiger partial charge in [-0.1, -0.05) is 6.92 Å².